The molecular formula is C12H9FN4O2. The molecule has 2 aromatic rings. The lowest BCUT2D eigenvalue weighted by molar-refractivity contribution is 0.0601. The number of rotatable bonds is 2. The van der Waals surface area contributed by atoms with Crippen molar-refractivity contribution < 1.29 is 13.9 Å². The molecule has 0 spiro atoms. The van der Waals surface area contributed by atoms with Gasteiger partial charge in [0.2, 0.25) is 0 Å². The molecule has 1 heterocycles. The quantitative estimate of drug-likeness (QED) is 0.358. The summed E-state index contributed by atoms with van der Waals surface area (Å²) in [6.45, 7) is 1.64. The van der Waals surface area contributed by atoms with Gasteiger partial charge in [0.15, 0.2) is 0 Å². The fourth-order valence-corrected chi connectivity index (χ4v) is 1.87. The maximum absolute atomic E-state index is 13.3. The van der Waals surface area contributed by atoms with Gasteiger partial charge < -0.3 is 4.74 Å². The number of halogens is 1. The summed E-state index contributed by atoms with van der Waals surface area (Å²) in [5.41, 5.74) is 9.59. The van der Waals surface area contributed by atoms with E-state index in [2.05, 4.69) is 19.7 Å². The van der Waals surface area contributed by atoms with Crippen molar-refractivity contribution in [1.29, 1.82) is 0 Å². The van der Waals surface area contributed by atoms with Crippen LogP contribution in [0.5, 0.6) is 0 Å². The Morgan fingerprint density at radius 1 is 1.53 bits per heavy atom. The van der Waals surface area contributed by atoms with Gasteiger partial charge in [0.1, 0.15) is 5.82 Å². The smallest absolute Gasteiger partial charge is 0.339 e. The summed E-state index contributed by atoms with van der Waals surface area (Å²) in [5, 5.41) is 3.94. The number of azide groups is 1. The van der Waals surface area contributed by atoms with Gasteiger partial charge in [-0.15, -0.1) is 0 Å². The molecule has 0 unspecified atom stereocenters. The second kappa shape index (κ2) is 4.91. The molecular weight excluding hydrogens is 251 g/mol. The Hall–Kier alpha value is -2.66. The van der Waals surface area contributed by atoms with E-state index in [-0.39, 0.29) is 11.3 Å². The molecule has 0 aliphatic rings. The van der Waals surface area contributed by atoms with Gasteiger partial charge in [0.25, 0.3) is 0 Å². The number of aryl methyl sites for hydroxylation is 1. The zero-order valence-electron chi connectivity index (χ0n) is 10.2. The van der Waals surface area contributed by atoms with E-state index in [1.54, 1.807) is 6.92 Å². The van der Waals surface area contributed by atoms with Crippen molar-refractivity contribution in [1.82, 2.24) is 4.98 Å². The number of aromatic nitrogens is 1. The van der Waals surface area contributed by atoms with Crippen LogP contribution in [0.3, 0.4) is 0 Å². The normalized spacial score (nSPS) is 10.1. The van der Waals surface area contributed by atoms with E-state index >= 15 is 0 Å². The topological polar surface area (TPSA) is 88.0 Å². The Morgan fingerprint density at radius 2 is 2.26 bits per heavy atom. The van der Waals surface area contributed by atoms with Crippen molar-refractivity contribution in [3.05, 3.63) is 45.7 Å². The van der Waals surface area contributed by atoms with E-state index < -0.39 is 11.8 Å². The summed E-state index contributed by atoms with van der Waals surface area (Å²) in [5.74, 6) is -1.12. The Morgan fingerprint density at radius 3 is 2.89 bits per heavy atom. The largest absolute Gasteiger partial charge is 0.465 e. The van der Waals surface area contributed by atoms with Gasteiger partial charge in [-0.1, -0.05) is 5.11 Å². The molecule has 0 fully saturated rings. The number of esters is 1. The van der Waals surface area contributed by atoms with Gasteiger partial charge in [-0.25, -0.2) is 9.18 Å². The van der Waals surface area contributed by atoms with E-state index in [0.717, 1.165) is 0 Å². The first kappa shape index (κ1) is 12.8. The van der Waals surface area contributed by atoms with E-state index in [9.17, 15) is 9.18 Å². The van der Waals surface area contributed by atoms with Crippen LogP contribution in [0.1, 0.15) is 15.9 Å². The number of methoxy groups -OCH3 is 1. The lowest BCUT2D eigenvalue weighted by atomic mass is 10.0. The standard InChI is InChI=1S/C12H9FN4O2/c1-6-3-7(13)4-9-10(6)11(16-17-14)8(5-15-9)12(18)19-2/h3-5H,1-2H3. The third kappa shape index (κ3) is 2.19. The van der Waals surface area contributed by atoms with Crippen LogP contribution >= 0.6 is 0 Å². The van der Waals surface area contributed by atoms with Crippen LogP contribution in [0, 0.1) is 12.7 Å². The van der Waals surface area contributed by atoms with Crippen LogP contribution < -0.4 is 0 Å². The van der Waals surface area contributed by atoms with E-state index in [1.807, 2.05) is 0 Å². The highest BCUT2D eigenvalue weighted by atomic mass is 19.1. The zero-order valence-corrected chi connectivity index (χ0v) is 10.2. The number of carbonyl (C=O) groups is 1. The monoisotopic (exact) mass is 260 g/mol. The fraction of sp³-hybridized carbons (Fsp3) is 0.167. The van der Waals surface area contributed by atoms with Crippen molar-refractivity contribution in [3.63, 3.8) is 0 Å². The minimum atomic E-state index is -0.666. The lowest BCUT2D eigenvalue weighted by Gasteiger charge is -2.09. The maximum Gasteiger partial charge on any atom is 0.339 e. The summed E-state index contributed by atoms with van der Waals surface area (Å²) in [6, 6.07) is 2.49. The molecule has 0 radical (unpaired) electrons. The molecule has 19 heavy (non-hydrogen) atoms. The first-order chi connectivity index (χ1) is 9.08. The Kier molecular flexibility index (Phi) is 3.31. The molecule has 0 aliphatic heterocycles. The molecule has 96 valence electrons. The summed E-state index contributed by atoms with van der Waals surface area (Å²) < 4.78 is 17.9. The average Bonchev–Trinajstić information content (AvgIpc) is 2.37. The van der Waals surface area contributed by atoms with Crippen molar-refractivity contribution in [2.45, 2.75) is 6.92 Å². The van der Waals surface area contributed by atoms with Crippen molar-refractivity contribution in [3.8, 4) is 0 Å². The third-order valence-electron chi connectivity index (χ3n) is 2.65. The number of hydrogen-bond donors (Lipinski definition) is 0. The second-order valence-corrected chi connectivity index (χ2v) is 3.82. The maximum atomic E-state index is 13.3. The molecule has 0 amide bonds. The van der Waals surface area contributed by atoms with Crippen LogP contribution in [0.4, 0.5) is 10.1 Å². The molecule has 0 atom stereocenters. The van der Waals surface area contributed by atoms with Crippen LogP contribution in [0.25, 0.3) is 21.3 Å². The Balaban J connectivity index is 2.91. The average molecular weight is 260 g/mol. The van der Waals surface area contributed by atoms with E-state index in [0.29, 0.717) is 16.5 Å². The summed E-state index contributed by atoms with van der Waals surface area (Å²) >= 11 is 0. The van der Waals surface area contributed by atoms with Gasteiger partial charge in [-0.05, 0) is 24.1 Å². The van der Waals surface area contributed by atoms with Crippen LogP contribution in [-0.2, 0) is 4.74 Å². The van der Waals surface area contributed by atoms with Crippen molar-refractivity contribution in [2.75, 3.05) is 7.11 Å². The van der Waals surface area contributed by atoms with Gasteiger partial charge >= 0.3 is 5.97 Å². The van der Waals surface area contributed by atoms with E-state index in [1.165, 1.54) is 25.4 Å². The molecule has 0 saturated heterocycles. The molecule has 0 N–H and O–H groups in total. The minimum Gasteiger partial charge on any atom is -0.465 e. The molecule has 0 saturated carbocycles. The van der Waals surface area contributed by atoms with Gasteiger partial charge in [0.05, 0.1) is 23.9 Å². The summed E-state index contributed by atoms with van der Waals surface area (Å²) in [6.07, 6.45) is 1.21. The van der Waals surface area contributed by atoms with Gasteiger partial charge in [-0.3, -0.25) is 4.98 Å². The summed E-state index contributed by atoms with van der Waals surface area (Å²) in [4.78, 5) is 18.3. The molecule has 7 heteroatoms. The number of ether oxygens (including phenoxy) is 1. The Bertz CT molecular complexity index is 723. The van der Waals surface area contributed by atoms with E-state index in [4.69, 9.17) is 5.53 Å². The van der Waals surface area contributed by atoms with Crippen molar-refractivity contribution >= 4 is 22.6 Å². The van der Waals surface area contributed by atoms with Gasteiger partial charge in [-0.2, -0.15) is 0 Å². The predicted molar refractivity (Wildman–Crippen MR) is 66.6 cm³/mol. The second-order valence-electron chi connectivity index (χ2n) is 3.82. The Labute approximate surface area is 107 Å². The number of carbonyl (C=O) groups excluding carboxylic acids is 1. The summed E-state index contributed by atoms with van der Waals surface area (Å²) in [7, 11) is 1.21. The van der Waals surface area contributed by atoms with Crippen LogP contribution in [0.15, 0.2) is 23.4 Å². The van der Waals surface area contributed by atoms with Gasteiger partial charge in [0, 0.05) is 22.6 Å². The van der Waals surface area contributed by atoms with Crippen LogP contribution in [0.2, 0.25) is 0 Å². The molecule has 1 aromatic carbocycles. The first-order valence-electron chi connectivity index (χ1n) is 5.30. The zero-order chi connectivity index (χ0) is 14.0. The SMILES string of the molecule is COC(=O)c1cnc2cc(F)cc(C)c2c1N=[N+]=[N-]. The number of nitrogens with zero attached hydrogens (tertiary/aromatic N) is 4. The number of hydrogen-bond acceptors (Lipinski definition) is 4. The lowest BCUT2D eigenvalue weighted by Crippen LogP contribution is -2.03. The highest BCUT2D eigenvalue weighted by molar-refractivity contribution is 6.04. The molecule has 0 bridgehead atoms. The first-order valence-corrected chi connectivity index (χ1v) is 5.30. The number of benzene rings is 1. The molecule has 1 aromatic heterocycles. The highest BCUT2D eigenvalue weighted by Gasteiger charge is 2.16. The number of pyridine rings is 1. The number of fused-ring (bicyclic) bond motifs is 1. The van der Waals surface area contributed by atoms with Crippen LogP contribution in [-0.4, -0.2) is 18.1 Å². The molecule has 6 nitrogen and oxygen atoms in total. The fourth-order valence-electron chi connectivity index (χ4n) is 1.87. The van der Waals surface area contributed by atoms with Crippen molar-refractivity contribution in [2.24, 2.45) is 5.11 Å². The third-order valence-corrected chi connectivity index (χ3v) is 2.65. The molecule has 2 rings (SSSR count). The minimum absolute atomic E-state index is 0.0440. The molecule has 0 aliphatic carbocycles. The predicted octanol–water partition coefficient (Wildman–Crippen LogP) is 3.41. The highest BCUT2D eigenvalue weighted by Crippen LogP contribution is 2.32.